The van der Waals surface area contributed by atoms with Gasteiger partial charge in [-0.1, -0.05) is 29.5 Å². The van der Waals surface area contributed by atoms with Crippen molar-refractivity contribution in [2.75, 3.05) is 32.0 Å². The highest BCUT2D eigenvalue weighted by atomic mass is 16.6. The summed E-state index contributed by atoms with van der Waals surface area (Å²) in [4.78, 5) is 15.3. The number of carbonyl (C=O) groups excluding carboxylic acids is 1. The molecule has 1 amide bonds. The van der Waals surface area contributed by atoms with Crippen LogP contribution in [0.25, 0.3) is 5.82 Å². The molecule has 0 aliphatic carbocycles. The molecule has 3 heterocycles. The normalized spacial score (nSPS) is 14.1. The lowest BCUT2D eigenvalue weighted by Crippen LogP contribution is -2.36. The van der Waals surface area contributed by atoms with Gasteiger partial charge in [-0.25, -0.2) is 10.1 Å². The van der Waals surface area contributed by atoms with E-state index in [0.717, 1.165) is 16.9 Å². The molecule has 1 fully saturated rings. The summed E-state index contributed by atoms with van der Waals surface area (Å²) in [5, 5.41) is 19.7. The van der Waals surface area contributed by atoms with E-state index in [9.17, 15) is 4.79 Å². The third-order valence-electron chi connectivity index (χ3n) is 6.04. The number of nitrogens with zero attached hydrogens (tertiary/aromatic N) is 7. The number of ether oxygens (including phenoxy) is 2. The summed E-state index contributed by atoms with van der Waals surface area (Å²) in [6.45, 7) is 5.57. The number of aryl methyl sites for hydroxylation is 1. The molecule has 3 N–H and O–H groups in total. The molecule has 1 saturated heterocycles. The number of nitrogens with two attached hydrogens (primary N) is 1. The van der Waals surface area contributed by atoms with Crippen LogP contribution in [0.1, 0.15) is 32.9 Å². The lowest BCUT2D eigenvalue weighted by atomic mass is 10.1. The van der Waals surface area contributed by atoms with Crippen LogP contribution in [0.15, 0.2) is 58.3 Å². The lowest BCUT2D eigenvalue weighted by Gasteiger charge is -2.25. The summed E-state index contributed by atoms with van der Waals surface area (Å²) < 4.78 is 17.2. The van der Waals surface area contributed by atoms with Gasteiger partial charge < -0.3 is 15.2 Å². The second-order valence-corrected chi connectivity index (χ2v) is 8.64. The quantitative estimate of drug-likeness (QED) is 0.247. The number of anilines is 1. The van der Waals surface area contributed by atoms with Crippen molar-refractivity contribution in [1.82, 2.24) is 35.6 Å². The van der Waals surface area contributed by atoms with Gasteiger partial charge in [0.15, 0.2) is 5.69 Å². The van der Waals surface area contributed by atoms with Crippen LogP contribution in [0.4, 0.5) is 5.82 Å². The van der Waals surface area contributed by atoms with Gasteiger partial charge in [0, 0.05) is 19.6 Å². The molecule has 0 bridgehead atoms. The second-order valence-electron chi connectivity index (χ2n) is 8.64. The monoisotopic (exact) mass is 517 g/mol. The fraction of sp³-hybridized carbons (Fsp3) is 0.280. The van der Waals surface area contributed by atoms with E-state index < -0.39 is 5.91 Å². The Kier molecular flexibility index (Phi) is 7.66. The Balaban J connectivity index is 1.26. The number of hydrazone groups is 1. The number of morpholine rings is 1. The molecule has 0 spiro atoms. The van der Waals surface area contributed by atoms with Gasteiger partial charge in [0.1, 0.15) is 18.1 Å². The molecular weight excluding hydrogens is 490 g/mol. The molecular formula is C25H27N9O4. The molecule has 0 atom stereocenters. The number of amides is 1. The number of carbonyl (C=O) groups is 1. The zero-order chi connectivity index (χ0) is 26.3. The zero-order valence-corrected chi connectivity index (χ0v) is 20.8. The Bertz CT molecular complexity index is 1410. The van der Waals surface area contributed by atoms with Crippen molar-refractivity contribution < 1.29 is 18.9 Å². The van der Waals surface area contributed by atoms with Crippen molar-refractivity contribution in [2.45, 2.75) is 20.1 Å². The smallest absolute Gasteiger partial charge is 0.292 e. The van der Waals surface area contributed by atoms with E-state index >= 15 is 0 Å². The van der Waals surface area contributed by atoms with E-state index in [2.05, 4.69) is 53.7 Å². The molecule has 196 valence electrons. The maximum absolute atomic E-state index is 13.2. The predicted molar refractivity (Wildman–Crippen MR) is 137 cm³/mol. The first-order chi connectivity index (χ1) is 18.6. The Morgan fingerprint density at radius 1 is 1.16 bits per heavy atom. The summed E-state index contributed by atoms with van der Waals surface area (Å²) in [6, 6.07) is 15.5. The highest BCUT2D eigenvalue weighted by molar-refractivity contribution is 5.95. The molecule has 0 unspecified atom stereocenters. The fourth-order valence-corrected chi connectivity index (χ4v) is 3.91. The van der Waals surface area contributed by atoms with Crippen LogP contribution in [-0.4, -0.2) is 68.6 Å². The minimum Gasteiger partial charge on any atom is -0.489 e. The van der Waals surface area contributed by atoms with Gasteiger partial charge in [-0.2, -0.15) is 9.78 Å². The van der Waals surface area contributed by atoms with E-state index in [1.165, 1.54) is 16.5 Å². The predicted octanol–water partition coefficient (Wildman–Crippen LogP) is 1.72. The first-order valence-electron chi connectivity index (χ1n) is 12.0. The zero-order valence-electron chi connectivity index (χ0n) is 20.8. The van der Waals surface area contributed by atoms with Crippen LogP contribution in [-0.2, 0) is 17.9 Å². The molecule has 0 saturated carbocycles. The van der Waals surface area contributed by atoms with E-state index in [-0.39, 0.29) is 17.3 Å². The average Bonchev–Trinajstić information content (AvgIpc) is 3.55. The van der Waals surface area contributed by atoms with Crippen molar-refractivity contribution in [3.05, 3.63) is 76.6 Å². The van der Waals surface area contributed by atoms with Crippen LogP contribution in [0.5, 0.6) is 5.75 Å². The Morgan fingerprint density at radius 2 is 1.95 bits per heavy atom. The molecule has 5 rings (SSSR count). The van der Waals surface area contributed by atoms with Gasteiger partial charge in [-0.3, -0.25) is 9.69 Å². The van der Waals surface area contributed by atoms with Crippen molar-refractivity contribution >= 4 is 17.9 Å². The van der Waals surface area contributed by atoms with Crippen molar-refractivity contribution in [3.8, 4) is 11.6 Å². The first kappa shape index (κ1) is 25.0. The summed E-state index contributed by atoms with van der Waals surface area (Å²) in [7, 11) is 0. The topological polar surface area (TPSA) is 159 Å². The van der Waals surface area contributed by atoms with Gasteiger partial charge in [0.2, 0.25) is 11.6 Å². The average molecular weight is 518 g/mol. The molecule has 38 heavy (non-hydrogen) atoms. The molecule has 4 aromatic rings. The standard InChI is InChI=1S/C25H27N9O4/c1-17-4-2-3-5-19(17)16-37-20-8-6-18(7-9-20)14-27-29-25(35)22-21(15-33-10-12-36-13-11-33)28-32-34(22)24-23(26)30-38-31-24/h2-9,14H,10-13,15-16H2,1H3,(H2,26,30)(H,29,35)/b27-14+. The third-order valence-corrected chi connectivity index (χ3v) is 6.04. The number of benzene rings is 2. The Morgan fingerprint density at radius 3 is 2.68 bits per heavy atom. The maximum Gasteiger partial charge on any atom is 0.292 e. The Hall–Kier alpha value is -4.62. The SMILES string of the molecule is Cc1ccccc1COc1ccc(/C=N/NC(=O)c2c(CN3CCOCC3)nnn2-c2nonc2N)cc1. The molecule has 13 nitrogen and oxygen atoms in total. The van der Waals surface area contributed by atoms with Crippen LogP contribution >= 0.6 is 0 Å². The van der Waals surface area contributed by atoms with Gasteiger partial charge in [0.25, 0.3) is 5.91 Å². The number of nitrogen functional groups attached to an aromatic ring is 1. The van der Waals surface area contributed by atoms with Crippen LogP contribution in [0.2, 0.25) is 0 Å². The van der Waals surface area contributed by atoms with Gasteiger partial charge >= 0.3 is 0 Å². The molecule has 13 heteroatoms. The van der Waals surface area contributed by atoms with E-state index in [4.69, 9.17) is 15.2 Å². The number of hydrogen-bond donors (Lipinski definition) is 2. The van der Waals surface area contributed by atoms with E-state index in [1.54, 1.807) is 0 Å². The highest BCUT2D eigenvalue weighted by Gasteiger charge is 2.26. The molecule has 1 aliphatic heterocycles. The van der Waals surface area contributed by atoms with Gasteiger partial charge in [-0.15, -0.1) is 5.10 Å². The minimum atomic E-state index is -0.532. The van der Waals surface area contributed by atoms with Crippen molar-refractivity contribution in [2.24, 2.45) is 5.10 Å². The summed E-state index contributed by atoms with van der Waals surface area (Å²) in [6.07, 6.45) is 1.53. The molecule has 2 aromatic heterocycles. The van der Waals surface area contributed by atoms with Crippen molar-refractivity contribution in [3.63, 3.8) is 0 Å². The fourth-order valence-electron chi connectivity index (χ4n) is 3.91. The van der Waals surface area contributed by atoms with E-state index in [0.29, 0.717) is 45.1 Å². The summed E-state index contributed by atoms with van der Waals surface area (Å²) in [5.41, 5.74) is 12.0. The third kappa shape index (κ3) is 5.85. The number of hydrogen-bond acceptors (Lipinski definition) is 11. The number of nitrogens with one attached hydrogen (secondary N) is 1. The van der Waals surface area contributed by atoms with Crippen LogP contribution in [0, 0.1) is 6.92 Å². The molecule has 1 aliphatic rings. The Labute approximate surface area is 218 Å². The largest absolute Gasteiger partial charge is 0.489 e. The molecule has 0 radical (unpaired) electrons. The van der Waals surface area contributed by atoms with Gasteiger partial charge in [0.05, 0.1) is 19.4 Å². The maximum atomic E-state index is 13.2. The van der Waals surface area contributed by atoms with Crippen LogP contribution in [0.3, 0.4) is 0 Å². The number of aromatic nitrogens is 5. The second kappa shape index (κ2) is 11.6. The lowest BCUT2D eigenvalue weighted by molar-refractivity contribution is 0.0335. The van der Waals surface area contributed by atoms with Crippen LogP contribution < -0.4 is 15.9 Å². The van der Waals surface area contributed by atoms with Gasteiger partial charge in [-0.05, 0) is 58.2 Å². The summed E-state index contributed by atoms with van der Waals surface area (Å²) in [5.74, 6) is 0.252. The minimum absolute atomic E-state index is 0.0184. The molecule has 2 aromatic carbocycles. The highest BCUT2D eigenvalue weighted by Crippen LogP contribution is 2.18. The summed E-state index contributed by atoms with van der Waals surface area (Å²) >= 11 is 0. The van der Waals surface area contributed by atoms with Crippen molar-refractivity contribution in [1.29, 1.82) is 0 Å². The number of rotatable bonds is 9. The first-order valence-corrected chi connectivity index (χ1v) is 12.0. The van der Waals surface area contributed by atoms with E-state index in [1.807, 2.05) is 42.5 Å².